The number of nitrogens with two attached hydrogens (primary N) is 1. The van der Waals surface area contributed by atoms with Crippen LogP contribution in [-0.2, 0) is 4.79 Å². The Bertz CT molecular complexity index is 630. The molecule has 0 bridgehead atoms. The lowest BCUT2D eigenvalue weighted by Crippen LogP contribution is -2.46. The molecule has 0 aromatic heterocycles. The van der Waals surface area contributed by atoms with Crippen LogP contribution in [0.3, 0.4) is 0 Å². The van der Waals surface area contributed by atoms with E-state index in [0.29, 0.717) is 0 Å². The number of nitrogens with zero attached hydrogens (tertiary/aromatic N) is 2. The third-order valence-corrected chi connectivity index (χ3v) is 5.88. The molecule has 1 heterocycles. The summed E-state index contributed by atoms with van der Waals surface area (Å²) in [6.07, 6.45) is 2.74. The van der Waals surface area contributed by atoms with Crippen LogP contribution in [0.15, 0.2) is 18.2 Å². The number of carbonyl (C=O) groups excluding carboxylic acids is 1. The normalized spacial score (nSPS) is 25.3. The van der Waals surface area contributed by atoms with E-state index >= 15 is 0 Å². The molecule has 0 radical (unpaired) electrons. The van der Waals surface area contributed by atoms with Crippen LogP contribution in [0.4, 0.5) is 10.1 Å². The van der Waals surface area contributed by atoms with Crippen molar-refractivity contribution in [2.24, 2.45) is 11.7 Å². The van der Waals surface area contributed by atoms with Gasteiger partial charge >= 0.3 is 0 Å². The van der Waals surface area contributed by atoms with Crippen LogP contribution in [0.5, 0.6) is 0 Å². The standard InChI is InChI=1S/C20H31FN4O/c1-3-24-9-11-25(12-10-24)19-8-7-15(21)13-17(19)14(2)23-20(26)16-5-4-6-18(16)22/h7-8,13-14,16,18H,3-6,9-12,22H2,1-2H3,(H,23,26). The number of rotatable bonds is 5. The molecule has 144 valence electrons. The maximum Gasteiger partial charge on any atom is 0.225 e. The van der Waals surface area contributed by atoms with Crippen LogP contribution in [0.1, 0.15) is 44.7 Å². The van der Waals surface area contributed by atoms with Gasteiger partial charge in [-0.2, -0.15) is 0 Å². The first-order valence-corrected chi connectivity index (χ1v) is 9.82. The Kier molecular flexibility index (Phi) is 6.14. The minimum absolute atomic E-state index is 0.00601. The minimum atomic E-state index is -0.269. The molecule has 1 aromatic rings. The largest absolute Gasteiger partial charge is 0.369 e. The Hall–Kier alpha value is -1.66. The van der Waals surface area contributed by atoms with Gasteiger partial charge in [0.2, 0.25) is 5.91 Å². The van der Waals surface area contributed by atoms with Gasteiger partial charge in [0, 0.05) is 43.5 Å². The molecule has 6 heteroatoms. The van der Waals surface area contributed by atoms with Crippen molar-refractivity contribution in [2.45, 2.75) is 45.2 Å². The summed E-state index contributed by atoms with van der Waals surface area (Å²) >= 11 is 0. The predicted octanol–water partition coefficient (Wildman–Crippen LogP) is 2.27. The number of carbonyl (C=O) groups is 1. The highest BCUT2D eigenvalue weighted by Crippen LogP contribution is 2.30. The first-order chi connectivity index (χ1) is 12.5. The summed E-state index contributed by atoms with van der Waals surface area (Å²) in [7, 11) is 0. The summed E-state index contributed by atoms with van der Waals surface area (Å²) in [5.74, 6) is -0.398. The van der Waals surface area contributed by atoms with Crippen molar-refractivity contribution in [1.29, 1.82) is 0 Å². The fourth-order valence-electron chi connectivity index (χ4n) is 4.18. The van der Waals surface area contributed by atoms with Crippen LogP contribution in [0.25, 0.3) is 0 Å². The predicted molar refractivity (Wildman–Crippen MR) is 103 cm³/mol. The molecule has 2 aliphatic rings. The molecule has 26 heavy (non-hydrogen) atoms. The summed E-state index contributed by atoms with van der Waals surface area (Å²) in [5.41, 5.74) is 7.92. The molecule has 2 fully saturated rings. The van der Waals surface area contributed by atoms with Crippen LogP contribution < -0.4 is 16.0 Å². The summed E-state index contributed by atoms with van der Waals surface area (Å²) in [5, 5.41) is 3.07. The van der Waals surface area contributed by atoms with Gasteiger partial charge in [0.15, 0.2) is 0 Å². The topological polar surface area (TPSA) is 61.6 Å². The Morgan fingerprint density at radius 1 is 1.31 bits per heavy atom. The second-order valence-corrected chi connectivity index (χ2v) is 7.56. The van der Waals surface area contributed by atoms with Gasteiger partial charge in [-0.1, -0.05) is 13.3 Å². The van der Waals surface area contributed by atoms with Crippen molar-refractivity contribution in [3.05, 3.63) is 29.6 Å². The molecule has 1 saturated heterocycles. The van der Waals surface area contributed by atoms with Crippen LogP contribution in [-0.4, -0.2) is 49.6 Å². The highest BCUT2D eigenvalue weighted by molar-refractivity contribution is 5.80. The van der Waals surface area contributed by atoms with Gasteiger partial charge < -0.3 is 20.9 Å². The molecular weight excluding hydrogens is 331 g/mol. The van der Waals surface area contributed by atoms with E-state index in [9.17, 15) is 9.18 Å². The molecule has 5 nitrogen and oxygen atoms in total. The average molecular weight is 362 g/mol. The average Bonchev–Trinajstić information content (AvgIpc) is 3.08. The monoisotopic (exact) mass is 362 g/mol. The number of hydrogen-bond donors (Lipinski definition) is 2. The van der Waals surface area contributed by atoms with Crippen molar-refractivity contribution < 1.29 is 9.18 Å². The third kappa shape index (κ3) is 4.18. The van der Waals surface area contributed by atoms with Gasteiger partial charge in [0.25, 0.3) is 0 Å². The van der Waals surface area contributed by atoms with Crippen LogP contribution >= 0.6 is 0 Å². The van der Waals surface area contributed by atoms with Gasteiger partial charge in [0.05, 0.1) is 12.0 Å². The fourth-order valence-corrected chi connectivity index (χ4v) is 4.18. The summed E-state index contributed by atoms with van der Waals surface area (Å²) in [6, 6.07) is 4.60. The Morgan fingerprint density at radius 3 is 2.65 bits per heavy atom. The first-order valence-electron chi connectivity index (χ1n) is 9.82. The number of piperazine rings is 1. The summed E-state index contributed by atoms with van der Waals surface area (Å²) < 4.78 is 13.9. The van der Waals surface area contributed by atoms with Crippen LogP contribution in [0, 0.1) is 11.7 Å². The lowest BCUT2D eigenvalue weighted by molar-refractivity contribution is -0.125. The molecular formula is C20H31FN4O. The lowest BCUT2D eigenvalue weighted by Gasteiger charge is -2.37. The van der Waals surface area contributed by atoms with E-state index < -0.39 is 0 Å². The quantitative estimate of drug-likeness (QED) is 0.844. The van der Waals surface area contributed by atoms with E-state index in [1.54, 1.807) is 6.07 Å². The molecule has 3 atom stereocenters. The number of nitrogens with one attached hydrogen (secondary N) is 1. The minimum Gasteiger partial charge on any atom is -0.369 e. The van der Waals surface area contributed by atoms with E-state index in [2.05, 4.69) is 22.0 Å². The van der Waals surface area contributed by atoms with E-state index in [-0.39, 0.29) is 29.7 Å². The number of amides is 1. The number of likely N-dealkylation sites (N-methyl/N-ethyl adjacent to an activating group) is 1. The third-order valence-electron chi connectivity index (χ3n) is 5.88. The SMILES string of the molecule is CCN1CCN(c2ccc(F)cc2C(C)NC(=O)C2CCCC2N)CC1. The zero-order valence-corrected chi connectivity index (χ0v) is 15.9. The Labute approximate surface area is 155 Å². The zero-order chi connectivity index (χ0) is 18.7. The van der Waals surface area contributed by atoms with Crippen molar-refractivity contribution >= 4 is 11.6 Å². The number of halogens is 1. The summed E-state index contributed by atoms with van der Waals surface area (Å²) in [6.45, 7) is 9.00. The van der Waals surface area contributed by atoms with E-state index in [1.165, 1.54) is 6.07 Å². The van der Waals surface area contributed by atoms with Crippen LogP contribution in [0.2, 0.25) is 0 Å². The maximum atomic E-state index is 13.9. The fraction of sp³-hybridized carbons (Fsp3) is 0.650. The van der Waals surface area contributed by atoms with Gasteiger partial charge in [-0.25, -0.2) is 4.39 Å². The summed E-state index contributed by atoms with van der Waals surface area (Å²) in [4.78, 5) is 17.3. The van der Waals surface area contributed by atoms with Crippen molar-refractivity contribution in [1.82, 2.24) is 10.2 Å². The molecule has 3 N–H and O–H groups in total. The number of anilines is 1. The molecule has 1 aliphatic heterocycles. The number of hydrogen-bond acceptors (Lipinski definition) is 4. The number of benzene rings is 1. The Balaban J connectivity index is 1.73. The van der Waals surface area contributed by atoms with Gasteiger partial charge in [-0.3, -0.25) is 4.79 Å². The van der Waals surface area contributed by atoms with Crippen molar-refractivity contribution in [3.63, 3.8) is 0 Å². The second-order valence-electron chi connectivity index (χ2n) is 7.56. The zero-order valence-electron chi connectivity index (χ0n) is 15.9. The smallest absolute Gasteiger partial charge is 0.225 e. The molecule has 1 saturated carbocycles. The van der Waals surface area contributed by atoms with Crippen molar-refractivity contribution in [3.8, 4) is 0 Å². The maximum absolute atomic E-state index is 13.9. The Morgan fingerprint density at radius 2 is 2.04 bits per heavy atom. The molecule has 0 spiro atoms. The molecule has 1 aliphatic carbocycles. The molecule has 1 amide bonds. The van der Waals surface area contributed by atoms with E-state index in [1.807, 2.05) is 13.0 Å². The first kappa shape index (κ1) is 19.1. The molecule has 1 aromatic carbocycles. The van der Waals surface area contributed by atoms with E-state index in [4.69, 9.17) is 5.73 Å². The highest BCUT2D eigenvalue weighted by Gasteiger charge is 2.31. The van der Waals surface area contributed by atoms with Gasteiger partial charge in [-0.05, 0) is 44.5 Å². The van der Waals surface area contributed by atoms with Gasteiger partial charge in [0.1, 0.15) is 5.82 Å². The van der Waals surface area contributed by atoms with E-state index in [0.717, 1.165) is 63.2 Å². The van der Waals surface area contributed by atoms with Gasteiger partial charge in [-0.15, -0.1) is 0 Å². The molecule has 3 rings (SSSR count). The molecule has 3 unspecified atom stereocenters. The highest BCUT2D eigenvalue weighted by atomic mass is 19.1. The lowest BCUT2D eigenvalue weighted by atomic mass is 10.0. The second kappa shape index (κ2) is 8.35. The van der Waals surface area contributed by atoms with Crippen molar-refractivity contribution in [2.75, 3.05) is 37.6 Å².